The summed E-state index contributed by atoms with van der Waals surface area (Å²) < 4.78 is 17.8. The van der Waals surface area contributed by atoms with Crippen molar-refractivity contribution >= 4 is 17.7 Å². The van der Waals surface area contributed by atoms with Crippen LogP contribution in [0.15, 0.2) is 23.3 Å². The second-order valence-corrected chi connectivity index (χ2v) is 13.1. The summed E-state index contributed by atoms with van der Waals surface area (Å²) in [5, 5.41) is 11.1. The van der Waals surface area contributed by atoms with Gasteiger partial charge in [-0.15, -0.1) is 0 Å². The van der Waals surface area contributed by atoms with E-state index in [0.717, 1.165) is 49.7 Å². The van der Waals surface area contributed by atoms with Crippen LogP contribution in [-0.4, -0.2) is 53.3 Å². The van der Waals surface area contributed by atoms with Crippen LogP contribution in [0.1, 0.15) is 73.1 Å². The molecule has 2 aliphatic heterocycles. The van der Waals surface area contributed by atoms with Gasteiger partial charge < -0.3 is 19.3 Å². The molecule has 0 amide bonds. The molecule has 0 radical (unpaired) electrons. The highest BCUT2D eigenvalue weighted by molar-refractivity contribution is 5.99. The zero-order valence-corrected chi connectivity index (χ0v) is 22.6. The minimum atomic E-state index is -1.04. The minimum absolute atomic E-state index is 0.00910. The maximum Gasteiger partial charge on any atom is 0.333 e. The quantitative estimate of drug-likeness (QED) is 0.450. The molecule has 0 aromatic carbocycles. The summed E-state index contributed by atoms with van der Waals surface area (Å²) in [5.41, 5.74) is -0.0845. The number of fused-ring (bicyclic) bond motifs is 4. The molecule has 202 valence electrons. The van der Waals surface area contributed by atoms with Gasteiger partial charge in [-0.1, -0.05) is 19.4 Å². The molecular weight excluding hydrogens is 472 g/mol. The van der Waals surface area contributed by atoms with E-state index in [1.807, 2.05) is 13.8 Å². The molecule has 6 aliphatic rings. The number of cyclic esters (lactones) is 1. The van der Waals surface area contributed by atoms with E-state index in [-0.39, 0.29) is 53.7 Å². The average Bonchev–Trinajstić information content (AvgIpc) is 3.48. The van der Waals surface area contributed by atoms with Gasteiger partial charge in [-0.05, 0) is 93.1 Å². The van der Waals surface area contributed by atoms with Crippen LogP contribution in [0.3, 0.4) is 0 Å². The summed E-state index contributed by atoms with van der Waals surface area (Å²) in [4.78, 5) is 38.1. The highest BCUT2D eigenvalue weighted by Gasteiger charge is 2.82. The van der Waals surface area contributed by atoms with E-state index >= 15 is 0 Å². The number of hydrogen-bond acceptors (Lipinski definition) is 7. The number of epoxide rings is 1. The largest absolute Gasteiger partial charge is 0.465 e. The first-order valence-corrected chi connectivity index (χ1v) is 14.1. The van der Waals surface area contributed by atoms with Gasteiger partial charge in [-0.2, -0.15) is 0 Å². The summed E-state index contributed by atoms with van der Waals surface area (Å²) in [5.74, 6) is 0.641. The van der Waals surface area contributed by atoms with E-state index in [0.29, 0.717) is 11.8 Å². The zero-order valence-electron chi connectivity index (χ0n) is 22.6. The second-order valence-electron chi connectivity index (χ2n) is 13.1. The van der Waals surface area contributed by atoms with Crippen molar-refractivity contribution in [1.82, 2.24) is 0 Å². The van der Waals surface area contributed by atoms with Crippen LogP contribution in [0.25, 0.3) is 0 Å². The number of ketones is 1. The highest BCUT2D eigenvalue weighted by Crippen LogP contribution is 2.73. The maximum atomic E-state index is 13.7. The van der Waals surface area contributed by atoms with Crippen LogP contribution in [0, 0.1) is 40.4 Å². The van der Waals surface area contributed by atoms with Crippen LogP contribution in [0.2, 0.25) is 0 Å². The number of rotatable bonds is 4. The van der Waals surface area contributed by atoms with Gasteiger partial charge in [-0.25, -0.2) is 4.79 Å². The lowest BCUT2D eigenvalue weighted by molar-refractivity contribution is -0.174. The predicted molar refractivity (Wildman–Crippen MR) is 134 cm³/mol. The van der Waals surface area contributed by atoms with E-state index in [1.54, 1.807) is 6.08 Å². The van der Waals surface area contributed by atoms with E-state index in [2.05, 4.69) is 13.8 Å². The average molecular weight is 513 g/mol. The third-order valence-corrected chi connectivity index (χ3v) is 11.8. The summed E-state index contributed by atoms with van der Waals surface area (Å²) >= 11 is 0. The number of aliphatic hydroxyl groups excluding tert-OH is 1. The van der Waals surface area contributed by atoms with Crippen molar-refractivity contribution < 1.29 is 33.7 Å². The van der Waals surface area contributed by atoms with E-state index in [1.165, 1.54) is 13.0 Å². The molecule has 0 aromatic heterocycles. The maximum absolute atomic E-state index is 13.7. The molecule has 11 atom stereocenters. The van der Waals surface area contributed by atoms with Crippen molar-refractivity contribution in [2.24, 2.45) is 40.4 Å². The van der Waals surface area contributed by atoms with Crippen molar-refractivity contribution in [3.05, 3.63) is 23.3 Å². The Bertz CT molecular complexity index is 1110. The Hall–Kier alpha value is -1.99. The molecule has 1 spiro atoms. The van der Waals surface area contributed by atoms with Crippen LogP contribution in [0.4, 0.5) is 0 Å². The zero-order chi connectivity index (χ0) is 26.5. The summed E-state index contributed by atoms with van der Waals surface area (Å²) in [6.45, 7) is 9.88. The standard InChI is InChI=1S/C30H40O7/c1-15-12-23(36-27(34)16(15)2)17(3)20-6-7-21-19-13-26-30(37-26)25(33)9-8-24(32)29(30,14-35-18(4)31)22(19)10-11-28(20,21)5/h8-9,17,19-23,25-26,33H,6-7,10-14H2,1-5H3/t17-,19-,20+,21-,22-,23+,25-,26+,28+,29-,30+/m0/s1. The lowest BCUT2D eigenvalue weighted by Gasteiger charge is -2.58. The van der Waals surface area contributed by atoms with Gasteiger partial charge in [0.1, 0.15) is 29.8 Å². The van der Waals surface area contributed by atoms with Crippen molar-refractivity contribution in [2.75, 3.05) is 6.61 Å². The number of esters is 2. The van der Waals surface area contributed by atoms with E-state index in [4.69, 9.17) is 14.2 Å². The second kappa shape index (κ2) is 8.25. The number of ether oxygens (including phenoxy) is 3. The first-order chi connectivity index (χ1) is 17.5. The fraction of sp³-hybridized carbons (Fsp3) is 0.767. The monoisotopic (exact) mass is 512 g/mol. The van der Waals surface area contributed by atoms with Gasteiger partial charge in [0, 0.05) is 18.9 Å². The van der Waals surface area contributed by atoms with Crippen molar-refractivity contribution in [2.45, 2.75) is 97.1 Å². The minimum Gasteiger partial charge on any atom is -0.465 e. The van der Waals surface area contributed by atoms with Gasteiger partial charge in [0.15, 0.2) is 5.78 Å². The third kappa shape index (κ3) is 3.22. The van der Waals surface area contributed by atoms with Crippen LogP contribution in [0.5, 0.6) is 0 Å². The molecule has 7 nitrogen and oxygen atoms in total. The third-order valence-electron chi connectivity index (χ3n) is 11.8. The van der Waals surface area contributed by atoms with Gasteiger partial charge in [0.2, 0.25) is 0 Å². The molecule has 4 aliphatic carbocycles. The summed E-state index contributed by atoms with van der Waals surface area (Å²) in [6.07, 6.45) is 7.41. The Morgan fingerprint density at radius 2 is 1.97 bits per heavy atom. The molecule has 7 heteroatoms. The fourth-order valence-electron chi connectivity index (χ4n) is 9.81. The molecule has 3 saturated carbocycles. The highest BCUT2D eigenvalue weighted by atomic mass is 16.6. The molecule has 0 bridgehead atoms. The predicted octanol–water partition coefficient (Wildman–Crippen LogP) is 3.92. The molecule has 6 rings (SSSR count). The first kappa shape index (κ1) is 25.3. The van der Waals surface area contributed by atoms with Crippen LogP contribution in [-0.2, 0) is 28.6 Å². The van der Waals surface area contributed by atoms with Crippen molar-refractivity contribution in [3.8, 4) is 0 Å². The number of allylic oxidation sites excluding steroid dienone is 1. The van der Waals surface area contributed by atoms with Gasteiger partial charge in [0.05, 0.1) is 6.10 Å². The molecule has 0 unspecified atom stereocenters. The Balaban J connectivity index is 1.31. The van der Waals surface area contributed by atoms with Crippen LogP contribution >= 0.6 is 0 Å². The Kier molecular flexibility index (Phi) is 5.64. The Morgan fingerprint density at radius 3 is 2.68 bits per heavy atom. The number of carbonyl (C=O) groups is 3. The van der Waals surface area contributed by atoms with Crippen molar-refractivity contribution in [1.29, 1.82) is 0 Å². The number of carbonyl (C=O) groups excluding carboxylic acids is 3. The molecule has 4 fully saturated rings. The smallest absolute Gasteiger partial charge is 0.333 e. The molecule has 1 saturated heterocycles. The lowest BCUT2D eigenvalue weighted by atomic mass is 9.44. The topological polar surface area (TPSA) is 102 Å². The SMILES string of the molecule is CC(=O)OC[C@]12C(=O)C=C[C@H](O)[C@]13O[C@@H]3C[C@H]1[C@@H]3CC[C@H]([C@H](C)[C@H]4CC(C)=C(C)C(=O)O4)[C@@]3(C)CC[C@@H]12. The number of aliphatic hydroxyl groups is 1. The lowest BCUT2D eigenvalue weighted by Crippen LogP contribution is -2.66. The fourth-order valence-corrected chi connectivity index (χ4v) is 9.81. The van der Waals surface area contributed by atoms with Gasteiger partial charge in [0.25, 0.3) is 0 Å². The molecule has 1 N–H and O–H groups in total. The Labute approximate surface area is 219 Å². The van der Waals surface area contributed by atoms with Crippen molar-refractivity contribution in [3.63, 3.8) is 0 Å². The molecule has 0 aromatic rings. The molecule has 37 heavy (non-hydrogen) atoms. The molecular formula is C30H40O7. The van der Waals surface area contributed by atoms with Gasteiger partial charge >= 0.3 is 11.9 Å². The number of hydrogen-bond donors (Lipinski definition) is 1. The van der Waals surface area contributed by atoms with Crippen LogP contribution < -0.4 is 0 Å². The van der Waals surface area contributed by atoms with E-state index in [9.17, 15) is 19.5 Å². The summed E-state index contributed by atoms with van der Waals surface area (Å²) in [6, 6.07) is 0. The normalized spacial score (nSPS) is 48.9. The van der Waals surface area contributed by atoms with Gasteiger partial charge in [-0.3, -0.25) is 9.59 Å². The first-order valence-electron chi connectivity index (χ1n) is 14.1. The summed E-state index contributed by atoms with van der Waals surface area (Å²) in [7, 11) is 0. The molecule has 2 heterocycles. The Morgan fingerprint density at radius 1 is 1.22 bits per heavy atom. The van der Waals surface area contributed by atoms with E-state index < -0.39 is 23.1 Å².